The summed E-state index contributed by atoms with van der Waals surface area (Å²) >= 11 is 0. The first-order chi connectivity index (χ1) is 7.24. The van der Waals surface area contributed by atoms with Gasteiger partial charge in [0, 0.05) is 12.5 Å². The summed E-state index contributed by atoms with van der Waals surface area (Å²) in [7, 11) is 0. The molecule has 1 atom stereocenters. The molecule has 0 bridgehead atoms. The number of ketones is 1. The smallest absolute Gasteiger partial charge is 0.131 e. The third kappa shape index (κ3) is 4.26. The lowest BCUT2D eigenvalue weighted by Gasteiger charge is -2.17. The largest absolute Gasteiger partial charge is 0.310 e. The maximum absolute atomic E-state index is 11.2. The van der Waals surface area contributed by atoms with Crippen molar-refractivity contribution in [2.45, 2.75) is 32.7 Å². The second-order valence-electron chi connectivity index (χ2n) is 3.82. The van der Waals surface area contributed by atoms with Gasteiger partial charge in [0.2, 0.25) is 0 Å². The van der Waals surface area contributed by atoms with Crippen molar-refractivity contribution in [3.8, 4) is 0 Å². The lowest BCUT2D eigenvalue weighted by Crippen LogP contribution is -2.23. The van der Waals surface area contributed by atoms with Crippen molar-refractivity contribution in [1.29, 1.82) is 0 Å². The Kier molecular flexibility index (Phi) is 5.05. The molecule has 0 aliphatic heterocycles. The molecular formula is C13H19NO. The summed E-state index contributed by atoms with van der Waals surface area (Å²) < 4.78 is 0. The van der Waals surface area contributed by atoms with Crippen molar-refractivity contribution in [2.24, 2.45) is 0 Å². The Morgan fingerprint density at radius 1 is 1.33 bits per heavy atom. The molecule has 2 heteroatoms. The minimum Gasteiger partial charge on any atom is -0.310 e. The van der Waals surface area contributed by atoms with Crippen LogP contribution in [0.4, 0.5) is 0 Å². The molecule has 15 heavy (non-hydrogen) atoms. The number of benzene rings is 1. The Morgan fingerprint density at radius 2 is 2.00 bits per heavy atom. The molecule has 0 fully saturated rings. The van der Waals surface area contributed by atoms with Crippen LogP contribution in [0.25, 0.3) is 0 Å². The Morgan fingerprint density at radius 3 is 2.53 bits per heavy atom. The summed E-state index contributed by atoms with van der Waals surface area (Å²) in [6, 6.07) is 10.3. The normalized spacial score (nSPS) is 12.4. The molecule has 1 aromatic carbocycles. The Balaban J connectivity index is 2.67. The summed E-state index contributed by atoms with van der Waals surface area (Å²) in [5.74, 6) is 0.229. The van der Waals surface area contributed by atoms with Crippen LogP contribution < -0.4 is 5.32 Å². The Bertz CT molecular complexity index is 295. The van der Waals surface area contributed by atoms with Crippen LogP contribution in [0, 0.1) is 0 Å². The molecule has 1 unspecified atom stereocenters. The van der Waals surface area contributed by atoms with Gasteiger partial charge in [0.05, 0.1) is 0 Å². The number of hydrogen-bond acceptors (Lipinski definition) is 2. The second-order valence-corrected chi connectivity index (χ2v) is 3.82. The van der Waals surface area contributed by atoms with E-state index in [-0.39, 0.29) is 11.8 Å². The first-order valence-electron chi connectivity index (χ1n) is 5.51. The highest BCUT2D eigenvalue weighted by molar-refractivity contribution is 5.76. The topological polar surface area (TPSA) is 29.1 Å². The van der Waals surface area contributed by atoms with E-state index in [1.807, 2.05) is 18.2 Å². The highest BCUT2D eigenvalue weighted by Gasteiger charge is 2.11. The van der Waals surface area contributed by atoms with Crippen LogP contribution in [-0.2, 0) is 4.79 Å². The standard InChI is InChI=1S/C13H19NO/c1-3-9-14-13(10-11(2)15)12-7-5-4-6-8-12/h4-8,13-14H,3,9-10H2,1-2H3. The molecule has 0 aromatic heterocycles. The van der Waals surface area contributed by atoms with E-state index in [1.54, 1.807) is 6.92 Å². The zero-order valence-corrected chi connectivity index (χ0v) is 9.49. The Labute approximate surface area is 91.7 Å². The molecule has 0 heterocycles. The highest BCUT2D eigenvalue weighted by atomic mass is 16.1. The maximum atomic E-state index is 11.2. The van der Waals surface area contributed by atoms with Crippen molar-refractivity contribution in [3.63, 3.8) is 0 Å². The van der Waals surface area contributed by atoms with Gasteiger partial charge in [0.1, 0.15) is 5.78 Å². The van der Waals surface area contributed by atoms with E-state index in [1.165, 1.54) is 5.56 Å². The molecule has 0 radical (unpaired) electrons. The fourth-order valence-electron chi connectivity index (χ4n) is 1.60. The Hall–Kier alpha value is -1.15. The predicted molar refractivity (Wildman–Crippen MR) is 62.8 cm³/mol. The third-order valence-electron chi connectivity index (χ3n) is 2.33. The van der Waals surface area contributed by atoms with Gasteiger partial charge in [0.15, 0.2) is 0 Å². The van der Waals surface area contributed by atoms with Crippen LogP contribution >= 0.6 is 0 Å². The molecule has 1 aromatic rings. The summed E-state index contributed by atoms with van der Waals surface area (Å²) in [6.45, 7) is 4.72. The van der Waals surface area contributed by atoms with Gasteiger partial charge in [-0.2, -0.15) is 0 Å². The zero-order valence-electron chi connectivity index (χ0n) is 9.49. The predicted octanol–water partition coefficient (Wildman–Crippen LogP) is 2.71. The summed E-state index contributed by atoms with van der Waals surface area (Å²) in [4.78, 5) is 11.2. The summed E-state index contributed by atoms with van der Waals surface area (Å²) in [6.07, 6.45) is 1.66. The highest BCUT2D eigenvalue weighted by Crippen LogP contribution is 2.16. The molecule has 0 saturated carbocycles. The average molecular weight is 205 g/mol. The van der Waals surface area contributed by atoms with Crippen LogP contribution in [-0.4, -0.2) is 12.3 Å². The number of rotatable bonds is 6. The molecule has 0 spiro atoms. The van der Waals surface area contributed by atoms with E-state index in [9.17, 15) is 4.79 Å². The summed E-state index contributed by atoms with van der Waals surface area (Å²) in [5.41, 5.74) is 1.20. The monoisotopic (exact) mass is 205 g/mol. The molecule has 0 aliphatic rings. The number of Topliss-reactive ketones (excluding diaryl/α,β-unsaturated/α-hetero) is 1. The van der Waals surface area contributed by atoms with Crippen LogP contribution in [0.5, 0.6) is 0 Å². The quantitative estimate of drug-likeness (QED) is 0.773. The number of hydrogen-bond donors (Lipinski definition) is 1. The molecule has 2 nitrogen and oxygen atoms in total. The van der Waals surface area contributed by atoms with Gasteiger partial charge in [-0.1, -0.05) is 37.3 Å². The molecule has 0 saturated heterocycles. The van der Waals surface area contributed by atoms with Crippen LogP contribution in [0.3, 0.4) is 0 Å². The minimum atomic E-state index is 0.170. The van der Waals surface area contributed by atoms with E-state index in [0.717, 1.165) is 13.0 Å². The second kappa shape index (κ2) is 6.36. The van der Waals surface area contributed by atoms with Gasteiger partial charge >= 0.3 is 0 Å². The molecule has 1 rings (SSSR count). The van der Waals surface area contributed by atoms with E-state index in [4.69, 9.17) is 0 Å². The van der Waals surface area contributed by atoms with Crippen LogP contribution in [0.15, 0.2) is 30.3 Å². The fraction of sp³-hybridized carbons (Fsp3) is 0.462. The van der Waals surface area contributed by atoms with Gasteiger partial charge < -0.3 is 5.32 Å². The lowest BCUT2D eigenvalue weighted by molar-refractivity contribution is -0.117. The summed E-state index contributed by atoms with van der Waals surface area (Å²) in [5, 5.41) is 3.40. The first kappa shape index (κ1) is 11.9. The lowest BCUT2D eigenvalue weighted by atomic mass is 10.0. The van der Waals surface area contributed by atoms with Crippen molar-refractivity contribution >= 4 is 5.78 Å². The van der Waals surface area contributed by atoms with Gasteiger partial charge in [-0.15, -0.1) is 0 Å². The van der Waals surface area contributed by atoms with Gasteiger partial charge in [-0.25, -0.2) is 0 Å². The minimum absolute atomic E-state index is 0.170. The van der Waals surface area contributed by atoms with Crippen molar-refractivity contribution in [1.82, 2.24) is 5.32 Å². The molecule has 0 amide bonds. The fourth-order valence-corrected chi connectivity index (χ4v) is 1.60. The first-order valence-corrected chi connectivity index (χ1v) is 5.51. The van der Waals surface area contributed by atoms with Crippen molar-refractivity contribution < 1.29 is 4.79 Å². The van der Waals surface area contributed by atoms with E-state index >= 15 is 0 Å². The number of nitrogens with one attached hydrogen (secondary N) is 1. The van der Waals surface area contributed by atoms with E-state index in [0.29, 0.717) is 6.42 Å². The molecule has 1 N–H and O–H groups in total. The van der Waals surface area contributed by atoms with E-state index in [2.05, 4.69) is 24.4 Å². The maximum Gasteiger partial charge on any atom is 0.131 e. The van der Waals surface area contributed by atoms with Gasteiger partial charge in [-0.05, 0) is 25.5 Å². The molecule has 0 aliphatic carbocycles. The van der Waals surface area contributed by atoms with E-state index < -0.39 is 0 Å². The molecular weight excluding hydrogens is 186 g/mol. The number of carbonyl (C=O) groups is 1. The zero-order chi connectivity index (χ0) is 11.1. The van der Waals surface area contributed by atoms with Gasteiger partial charge in [0.25, 0.3) is 0 Å². The SMILES string of the molecule is CCCNC(CC(C)=O)c1ccccc1. The average Bonchev–Trinajstić information content (AvgIpc) is 2.25. The van der Waals surface area contributed by atoms with Crippen molar-refractivity contribution in [3.05, 3.63) is 35.9 Å². The van der Waals surface area contributed by atoms with Crippen LogP contribution in [0.1, 0.15) is 38.3 Å². The molecule has 82 valence electrons. The third-order valence-corrected chi connectivity index (χ3v) is 2.33. The van der Waals surface area contributed by atoms with Crippen molar-refractivity contribution in [2.75, 3.05) is 6.54 Å². The van der Waals surface area contributed by atoms with Gasteiger partial charge in [-0.3, -0.25) is 4.79 Å². The number of carbonyl (C=O) groups excluding carboxylic acids is 1. The van der Waals surface area contributed by atoms with Crippen LogP contribution in [0.2, 0.25) is 0 Å².